The van der Waals surface area contributed by atoms with E-state index in [-0.39, 0.29) is 13.0 Å². The summed E-state index contributed by atoms with van der Waals surface area (Å²) >= 11 is 1.09. The molecule has 0 saturated carbocycles. The molecule has 1 rings (SSSR count). The molecule has 0 amide bonds. The fourth-order valence-electron chi connectivity index (χ4n) is 0.780. The Morgan fingerprint density at radius 2 is 2.17 bits per heavy atom. The van der Waals surface area contributed by atoms with Gasteiger partial charge in [0, 0.05) is 6.42 Å². The fourth-order valence-corrected chi connectivity index (χ4v) is 1.38. The van der Waals surface area contributed by atoms with E-state index in [0.717, 1.165) is 11.5 Å². The van der Waals surface area contributed by atoms with Crippen molar-refractivity contribution in [2.45, 2.75) is 12.5 Å². The van der Waals surface area contributed by atoms with E-state index in [9.17, 15) is 0 Å². The number of hydrogen-bond acceptors (Lipinski definition) is 6. The number of hydrogen-bond donors (Lipinski definition) is 4. The van der Waals surface area contributed by atoms with Gasteiger partial charge >= 0.3 is 0 Å². The van der Waals surface area contributed by atoms with Crippen LogP contribution in [-0.4, -0.2) is 27.3 Å². The molecule has 1 aromatic heterocycles. The Hall–Kier alpha value is -0.850. The molecule has 0 aromatic carbocycles. The summed E-state index contributed by atoms with van der Waals surface area (Å²) in [5.41, 5.74) is 11.9. The molecule has 1 unspecified atom stereocenters. The van der Waals surface area contributed by atoms with Gasteiger partial charge in [-0.3, -0.25) is 0 Å². The molecule has 1 heterocycles. The van der Waals surface area contributed by atoms with Gasteiger partial charge in [-0.15, -0.1) is 0 Å². The van der Waals surface area contributed by atoms with Crippen molar-refractivity contribution in [3.8, 4) is 0 Å². The first-order valence-electron chi connectivity index (χ1n) is 3.43. The molecular weight excluding hydrogens is 178 g/mol. The highest BCUT2D eigenvalue weighted by molar-refractivity contribution is 7.10. The summed E-state index contributed by atoms with van der Waals surface area (Å²) in [6, 6.07) is 0. The third-order valence-corrected chi connectivity index (χ3v) is 2.20. The van der Waals surface area contributed by atoms with Crippen molar-refractivity contribution < 1.29 is 10.2 Å². The average molecular weight is 189 g/mol. The predicted molar refractivity (Wildman–Crippen MR) is 47.7 cm³/mol. The topological polar surface area (TPSA) is 105 Å². The quantitative estimate of drug-likeness (QED) is 0.498. The van der Waals surface area contributed by atoms with Crippen molar-refractivity contribution in [2.24, 2.45) is 0 Å². The molecule has 0 aliphatic carbocycles. The number of aliphatic hydroxyl groups excluding tert-OH is 2. The highest BCUT2D eigenvalue weighted by Crippen LogP contribution is 2.24. The summed E-state index contributed by atoms with van der Waals surface area (Å²) in [6.07, 6.45) is -0.565. The zero-order valence-electron chi connectivity index (χ0n) is 6.40. The van der Waals surface area contributed by atoms with E-state index < -0.39 is 6.10 Å². The van der Waals surface area contributed by atoms with E-state index in [1.165, 1.54) is 0 Å². The Morgan fingerprint density at radius 1 is 1.50 bits per heavy atom. The van der Waals surface area contributed by atoms with Crippen LogP contribution in [0.1, 0.15) is 5.69 Å². The first kappa shape index (κ1) is 9.24. The lowest BCUT2D eigenvalue weighted by atomic mass is 10.2. The van der Waals surface area contributed by atoms with Gasteiger partial charge in [-0.05, 0) is 11.5 Å². The van der Waals surface area contributed by atoms with Crippen molar-refractivity contribution in [1.82, 2.24) is 4.37 Å². The lowest BCUT2D eigenvalue weighted by Gasteiger charge is -2.04. The summed E-state index contributed by atoms with van der Waals surface area (Å²) in [4.78, 5) is 0. The molecule has 0 fully saturated rings. The molecule has 0 saturated heterocycles. The number of rotatable bonds is 3. The Morgan fingerprint density at radius 3 is 2.58 bits per heavy atom. The summed E-state index contributed by atoms with van der Waals surface area (Å²) in [7, 11) is 0. The number of anilines is 2. The van der Waals surface area contributed by atoms with E-state index in [1.54, 1.807) is 0 Å². The maximum atomic E-state index is 9.06. The van der Waals surface area contributed by atoms with Gasteiger partial charge in [-0.2, -0.15) is 4.37 Å². The Kier molecular flexibility index (Phi) is 2.85. The van der Waals surface area contributed by atoms with Crippen LogP contribution >= 0.6 is 11.5 Å². The smallest absolute Gasteiger partial charge is 0.130 e. The molecule has 0 spiro atoms. The van der Waals surface area contributed by atoms with Crippen LogP contribution in [0.5, 0.6) is 0 Å². The Balaban J connectivity index is 2.69. The van der Waals surface area contributed by atoms with Gasteiger partial charge in [0.25, 0.3) is 0 Å². The average Bonchev–Trinajstić information content (AvgIpc) is 2.36. The second-order valence-corrected chi connectivity index (χ2v) is 3.25. The minimum atomic E-state index is -0.811. The molecule has 0 aliphatic rings. The molecule has 6 N–H and O–H groups in total. The molecule has 0 aliphatic heterocycles. The zero-order valence-corrected chi connectivity index (χ0v) is 7.21. The highest BCUT2D eigenvalue weighted by Gasteiger charge is 2.11. The van der Waals surface area contributed by atoms with Crippen LogP contribution in [0, 0.1) is 0 Å². The molecule has 5 nitrogen and oxygen atoms in total. The standard InChI is InChI=1S/C6H11N3O2S/c7-5-4(1-3(11)2-10)9-12-6(5)8/h3,10-11H,1-2,7-8H2. The lowest BCUT2D eigenvalue weighted by Crippen LogP contribution is -2.16. The summed E-state index contributed by atoms with van der Waals surface area (Å²) < 4.78 is 3.92. The summed E-state index contributed by atoms with van der Waals surface area (Å²) in [5.74, 6) is 0. The van der Waals surface area contributed by atoms with E-state index in [1.807, 2.05) is 0 Å². The van der Waals surface area contributed by atoms with Crippen molar-refractivity contribution in [3.63, 3.8) is 0 Å². The van der Waals surface area contributed by atoms with Crippen LogP contribution < -0.4 is 11.5 Å². The SMILES string of the molecule is Nc1snc(CC(O)CO)c1N. The fraction of sp³-hybridized carbons (Fsp3) is 0.500. The van der Waals surface area contributed by atoms with Gasteiger partial charge in [0.1, 0.15) is 5.00 Å². The zero-order chi connectivity index (χ0) is 9.14. The second-order valence-electron chi connectivity index (χ2n) is 2.45. The maximum Gasteiger partial charge on any atom is 0.130 e. The van der Waals surface area contributed by atoms with Crippen molar-refractivity contribution in [1.29, 1.82) is 0 Å². The Bertz CT molecular complexity index is 263. The molecule has 68 valence electrons. The predicted octanol–water partition coefficient (Wildman–Crippen LogP) is -0.797. The molecule has 6 heteroatoms. The second kappa shape index (κ2) is 3.70. The molecule has 0 radical (unpaired) electrons. The Labute approximate surface area is 73.8 Å². The number of aromatic nitrogens is 1. The van der Waals surface area contributed by atoms with E-state index in [4.69, 9.17) is 21.7 Å². The van der Waals surface area contributed by atoms with Crippen LogP contribution in [0.3, 0.4) is 0 Å². The van der Waals surface area contributed by atoms with Gasteiger partial charge in [-0.25, -0.2) is 0 Å². The van der Waals surface area contributed by atoms with E-state index in [0.29, 0.717) is 16.4 Å². The van der Waals surface area contributed by atoms with Crippen LogP contribution in [0.15, 0.2) is 0 Å². The van der Waals surface area contributed by atoms with Crippen molar-refractivity contribution in [2.75, 3.05) is 18.1 Å². The number of nitrogens with zero attached hydrogens (tertiary/aromatic N) is 1. The van der Waals surface area contributed by atoms with Crippen LogP contribution in [-0.2, 0) is 6.42 Å². The first-order chi connectivity index (χ1) is 5.65. The van der Waals surface area contributed by atoms with Crippen LogP contribution in [0.25, 0.3) is 0 Å². The highest BCUT2D eigenvalue weighted by atomic mass is 32.1. The third kappa shape index (κ3) is 1.84. The van der Waals surface area contributed by atoms with Gasteiger partial charge < -0.3 is 21.7 Å². The van der Waals surface area contributed by atoms with Gasteiger partial charge in [0.05, 0.1) is 24.1 Å². The molecule has 1 aromatic rings. The summed E-state index contributed by atoms with van der Waals surface area (Å²) in [5, 5.41) is 18.1. The third-order valence-electron chi connectivity index (χ3n) is 1.47. The molecular formula is C6H11N3O2S. The minimum absolute atomic E-state index is 0.246. The van der Waals surface area contributed by atoms with E-state index >= 15 is 0 Å². The van der Waals surface area contributed by atoms with Crippen molar-refractivity contribution in [3.05, 3.63) is 5.69 Å². The van der Waals surface area contributed by atoms with Crippen LogP contribution in [0.2, 0.25) is 0 Å². The largest absolute Gasteiger partial charge is 0.395 e. The minimum Gasteiger partial charge on any atom is -0.395 e. The molecule has 12 heavy (non-hydrogen) atoms. The normalized spacial score (nSPS) is 13.2. The summed E-state index contributed by atoms with van der Waals surface area (Å²) in [6.45, 7) is -0.295. The maximum absolute atomic E-state index is 9.06. The van der Waals surface area contributed by atoms with Crippen LogP contribution in [0.4, 0.5) is 10.7 Å². The number of aliphatic hydroxyl groups is 2. The molecule has 1 atom stereocenters. The van der Waals surface area contributed by atoms with Gasteiger partial charge in [0.2, 0.25) is 0 Å². The molecule has 0 bridgehead atoms. The number of nitrogens with two attached hydrogens (primary N) is 2. The monoisotopic (exact) mass is 189 g/mol. The lowest BCUT2D eigenvalue weighted by molar-refractivity contribution is 0.0950. The van der Waals surface area contributed by atoms with Crippen molar-refractivity contribution >= 4 is 22.2 Å². The van der Waals surface area contributed by atoms with Gasteiger partial charge in [0.15, 0.2) is 0 Å². The van der Waals surface area contributed by atoms with Gasteiger partial charge in [-0.1, -0.05) is 0 Å². The first-order valence-corrected chi connectivity index (χ1v) is 4.21. The number of nitrogen functional groups attached to an aromatic ring is 2. The van der Waals surface area contributed by atoms with E-state index in [2.05, 4.69) is 4.37 Å².